The van der Waals surface area contributed by atoms with Crippen molar-refractivity contribution in [2.45, 2.75) is 34.6 Å². The first kappa shape index (κ1) is 26.1. The summed E-state index contributed by atoms with van der Waals surface area (Å²) in [5, 5.41) is 0.173. The minimum Gasteiger partial charge on any atom is -0.496 e. The van der Waals surface area contributed by atoms with Crippen LogP contribution in [0, 0.1) is 34.6 Å². The molecule has 1 atom stereocenters. The van der Waals surface area contributed by atoms with Gasteiger partial charge in [0.15, 0.2) is 11.3 Å². The molecule has 0 saturated heterocycles. The molecule has 3 aromatic rings. The lowest BCUT2D eigenvalue weighted by atomic mass is 9.86. The first-order valence-electron chi connectivity index (χ1n) is 11.1. The Balaban J connectivity index is 2.16. The molecule has 0 bridgehead atoms. The molecular weight excluding hydrogens is 463 g/mol. The fourth-order valence-corrected chi connectivity index (χ4v) is 5.50. The summed E-state index contributed by atoms with van der Waals surface area (Å²) < 4.78 is 29.6. The molecule has 6 nitrogen and oxygen atoms in total. The van der Waals surface area contributed by atoms with Crippen LogP contribution in [0.15, 0.2) is 36.4 Å². The van der Waals surface area contributed by atoms with Gasteiger partial charge in [-0.3, -0.25) is 4.79 Å². The van der Waals surface area contributed by atoms with Gasteiger partial charge in [0.05, 0.1) is 26.9 Å². The summed E-state index contributed by atoms with van der Waals surface area (Å²) >= 11 is 0. The molecule has 0 radical (unpaired) electrons. The van der Waals surface area contributed by atoms with Crippen molar-refractivity contribution in [1.82, 2.24) is 0 Å². The van der Waals surface area contributed by atoms with E-state index in [0.29, 0.717) is 11.3 Å². The molecule has 1 unspecified atom stereocenters. The van der Waals surface area contributed by atoms with Crippen molar-refractivity contribution in [3.05, 3.63) is 80.9 Å². The van der Waals surface area contributed by atoms with Crippen LogP contribution < -0.4 is 19.5 Å². The Morgan fingerprint density at radius 1 is 0.686 bits per heavy atom. The quantitative estimate of drug-likeness (QED) is 0.292. The van der Waals surface area contributed by atoms with Gasteiger partial charge in [-0.05, 0) is 74.6 Å². The predicted octanol–water partition coefficient (Wildman–Crippen LogP) is 5.78. The van der Waals surface area contributed by atoms with Crippen LogP contribution in [0.3, 0.4) is 0 Å². The van der Waals surface area contributed by atoms with E-state index in [1.54, 1.807) is 24.3 Å². The second-order valence-electron chi connectivity index (χ2n) is 8.35. The van der Waals surface area contributed by atoms with E-state index in [2.05, 4.69) is 0 Å². The number of carbonyl (C=O) groups excluding carboxylic acids is 2. The molecule has 0 N–H and O–H groups in total. The summed E-state index contributed by atoms with van der Waals surface area (Å²) in [6.45, 7) is 9.86. The number of carbonyl (C=O) groups is 2. The topological polar surface area (TPSA) is 78.9 Å². The molecule has 0 heterocycles. The van der Waals surface area contributed by atoms with Crippen molar-refractivity contribution in [3.63, 3.8) is 0 Å². The van der Waals surface area contributed by atoms with Crippen LogP contribution in [0.4, 0.5) is 0 Å². The summed E-state index contributed by atoms with van der Waals surface area (Å²) in [7, 11) is 1.63. The van der Waals surface area contributed by atoms with Crippen LogP contribution in [0.1, 0.15) is 54.1 Å². The average molecular weight is 494 g/mol. The molecule has 0 fully saturated rings. The van der Waals surface area contributed by atoms with Gasteiger partial charge < -0.3 is 14.2 Å². The molecule has 3 aromatic carbocycles. The standard InChI is InChI=1S/C28H30O6P/c1-15-16(2)18(4)25(19(5)17(15)3)27(29)21-11-9-10-12-24(21)35(31)28(30)26-22(33-7)13-20(32-6)14-23(26)34-8/h9-14H,1-8H3/q+1. The van der Waals surface area contributed by atoms with Crippen LogP contribution in [0.2, 0.25) is 0 Å². The molecule has 182 valence electrons. The SMILES string of the molecule is COc1cc(OC)c(C(=O)[P+](=O)c2ccccc2C(=O)c2c(C)c(C)c(C)c(C)c2C)c(OC)c1. The van der Waals surface area contributed by atoms with Crippen LogP contribution in [-0.2, 0) is 4.57 Å². The lowest BCUT2D eigenvalue weighted by molar-refractivity contribution is 0.103. The van der Waals surface area contributed by atoms with E-state index in [0.717, 1.165) is 27.8 Å². The van der Waals surface area contributed by atoms with Gasteiger partial charge in [0, 0.05) is 17.7 Å². The summed E-state index contributed by atoms with van der Waals surface area (Å²) in [5.41, 5.74) is 5.15. The van der Waals surface area contributed by atoms with E-state index in [4.69, 9.17) is 14.2 Å². The van der Waals surface area contributed by atoms with Gasteiger partial charge in [-0.15, -0.1) is 0 Å². The Morgan fingerprint density at radius 3 is 1.66 bits per heavy atom. The highest BCUT2D eigenvalue weighted by Gasteiger charge is 2.41. The minimum atomic E-state index is -2.67. The average Bonchev–Trinajstić information content (AvgIpc) is 2.88. The molecular formula is C28H30O6P+. The zero-order valence-corrected chi connectivity index (χ0v) is 22.3. The Hall–Kier alpha value is -3.50. The highest BCUT2D eigenvalue weighted by atomic mass is 31.1. The molecule has 0 saturated carbocycles. The summed E-state index contributed by atoms with van der Waals surface area (Å²) in [6.07, 6.45) is 0. The van der Waals surface area contributed by atoms with Gasteiger partial charge in [-0.2, -0.15) is 0 Å². The molecule has 3 rings (SSSR count). The normalized spacial score (nSPS) is 11.1. The number of methoxy groups -OCH3 is 3. The smallest absolute Gasteiger partial charge is 0.459 e. The third-order valence-electron chi connectivity index (χ3n) is 6.71. The van der Waals surface area contributed by atoms with Gasteiger partial charge in [0.2, 0.25) is 5.30 Å². The molecule has 0 spiro atoms. The van der Waals surface area contributed by atoms with Crippen LogP contribution in [0.25, 0.3) is 0 Å². The van der Waals surface area contributed by atoms with Crippen molar-refractivity contribution in [2.24, 2.45) is 0 Å². The number of hydrogen-bond acceptors (Lipinski definition) is 6. The van der Waals surface area contributed by atoms with E-state index in [1.165, 1.54) is 33.5 Å². The molecule has 0 amide bonds. The molecule has 0 aliphatic rings. The zero-order valence-electron chi connectivity index (χ0n) is 21.4. The Labute approximate surface area is 207 Å². The molecule has 0 aromatic heterocycles. The van der Waals surface area contributed by atoms with E-state index >= 15 is 0 Å². The van der Waals surface area contributed by atoms with Crippen molar-refractivity contribution in [1.29, 1.82) is 0 Å². The number of hydrogen-bond donors (Lipinski definition) is 0. The second kappa shape index (κ2) is 10.4. The highest BCUT2D eigenvalue weighted by Crippen LogP contribution is 2.40. The first-order chi connectivity index (χ1) is 16.6. The molecule has 7 heteroatoms. The number of rotatable bonds is 8. The summed E-state index contributed by atoms with van der Waals surface area (Å²) in [6, 6.07) is 9.61. The van der Waals surface area contributed by atoms with Gasteiger partial charge in [0.25, 0.3) is 0 Å². The van der Waals surface area contributed by atoms with Gasteiger partial charge in [0.1, 0.15) is 17.2 Å². The van der Waals surface area contributed by atoms with Crippen LogP contribution in [0.5, 0.6) is 17.2 Å². The van der Waals surface area contributed by atoms with Crippen molar-refractivity contribution in [2.75, 3.05) is 21.3 Å². The Bertz CT molecular complexity index is 1300. The Kier molecular flexibility index (Phi) is 7.76. The number of benzene rings is 3. The predicted molar refractivity (Wildman–Crippen MR) is 138 cm³/mol. The van der Waals surface area contributed by atoms with Crippen molar-refractivity contribution >= 4 is 24.4 Å². The second-order valence-corrected chi connectivity index (χ2v) is 9.83. The maximum Gasteiger partial charge on any atom is 0.459 e. The van der Waals surface area contributed by atoms with Gasteiger partial charge in [-0.1, -0.05) is 16.7 Å². The van der Waals surface area contributed by atoms with Crippen LogP contribution >= 0.6 is 7.80 Å². The first-order valence-corrected chi connectivity index (χ1v) is 12.4. The third kappa shape index (κ3) is 4.59. The monoisotopic (exact) mass is 493 g/mol. The maximum absolute atomic E-state index is 13.8. The van der Waals surface area contributed by atoms with E-state index in [1.807, 2.05) is 34.6 Å². The molecule has 35 heavy (non-hydrogen) atoms. The lowest BCUT2D eigenvalue weighted by Crippen LogP contribution is -2.19. The summed E-state index contributed by atoms with van der Waals surface area (Å²) in [5.74, 6) is 0.522. The van der Waals surface area contributed by atoms with Crippen molar-refractivity contribution < 1.29 is 28.4 Å². The molecule has 0 aliphatic heterocycles. The minimum absolute atomic E-state index is 0.0357. The number of ether oxygens (including phenoxy) is 3. The highest BCUT2D eigenvalue weighted by molar-refractivity contribution is 7.71. The zero-order chi connectivity index (χ0) is 26.0. The summed E-state index contributed by atoms with van der Waals surface area (Å²) in [4.78, 5) is 27.3. The van der Waals surface area contributed by atoms with Crippen LogP contribution in [-0.4, -0.2) is 32.6 Å². The van der Waals surface area contributed by atoms with E-state index < -0.39 is 13.3 Å². The fraction of sp³-hybridized carbons (Fsp3) is 0.286. The number of ketones is 1. The lowest BCUT2D eigenvalue weighted by Gasteiger charge is -2.18. The largest absolute Gasteiger partial charge is 0.496 e. The maximum atomic E-state index is 13.8. The fourth-order valence-electron chi connectivity index (χ4n) is 4.25. The van der Waals surface area contributed by atoms with Gasteiger partial charge in [-0.25, -0.2) is 4.79 Å². The molecule has 0 aliphatic carbocycles. The third-order valence-corrected chi connectivity index (χ3v) is 8.13. The van der Waals surface area contributed by atoms with E-state index in [9.17, 15) is 14.2 Å². The Morgan fingerprint density at radius 2 is 1.17 bits per heavy atom. The van der Waals surface area contributed by atoms with Gasteiger partial charge >= 0.3 is 13.3 Å². The van der Waals surface area contributed by atoms with Crippen molar-refractivity contribution in [3.8, 4) is 17.2 Å². The van der Waals surface area contributed by atoms with E-state index in [-0.39, 0.29) is 33.7 Å².